The molecule has 0 saturated carbocycles. The van der Waals surface area contributed by atoms with Crippen molar-refractivity contribution >= 4 is 22.9 Å². The Morgan fingerprint density at radius 3 is 2.40 bits per heavy atom. The first-order valence-electron chi connectivity index (χ1n) is 12.3. The number of carbonyl (C=O) groups excluding carboxylic acids is 2. The molecule has 3 rings (SSSR count). The molecule has 1 heterocycles. The summed E-state index contributed by atoms with van der Waals surface area (Å²) in [5.41, 5.74) is 2.25. The van der Waals surface area contributed by atoms with E-state index in [1.165, 1.54) is 0 Å². The monoisotopic (exact) mass is 478 g/mol. The second-order valence-electron chi connectivity index (χ2n) is 8.23. The van der Waals surface area contributed by atoms with E-state index in [-0.39, 0.29) is 18.7 Å². The number of nitrogens with zero attached hydrogens (tertiary/aromatic N) is 3. The number of ether oxygens (including phenoxy) is 1. The highest BCUT2D eigenvalue weighted by atomic mass is 16.5. The van der Waals surface area contributed by atoms with Gasteiger partial charge in [-0.2, -0.15) is 0 Å². The maximum absolute atomic E-state index is 13.7. The summed E-state index contributed by atoms with van der Waals surface area (Å²) in [6, 6.07) is 14.2. The fourth-order valence-electron chi connectivity index (χ4n) is 4.15. The molecule has 1 N–H and O–H groups in total. The number of fused-ring (bicyclic) bond motifs is 1. The van der Waals surface area contributed by atoms with Crippen LogP contribution >= 0.6 is 0 Å². The van der Waals surface area contributed by atoms with Crippen LogP contribution in [0.15, 0.2) is 53.3 Å². The molecule has 1 aromatic heterocycles. The number of aromatic nitrogens is 2. The number of esters is 1. The molecule has 0 radical (unpaired) electrons. The minimum Gasteiger partial charge on any atom is -0.465 e. The molecule has 3 aromatic rings. The van der Waals surface area contributed by atoms with Crippen molar-refractivity contribution in [2.75, 3.05) is 19.7 Å². The number of nitrogens with one attached hydrogen (secondary N) is 1. The van der Waals surface area contributed by atoms with E-state index in [0.717, 1.165) is 12.0 Å². The zero-order valence-corrected chi connectivity index (χ0v) is 20.9. The Labute approximate surface area is 205 Å². The normalized spacial score (nSPS) is 11.8. The van der Waals surface area contributed by atoms with Crippen LogP contribution in [-0.2, 0) is 16.0 Å². The highest BCUT2D eigenvalue weighted by Gasteiger charge is 2.29. The molecule has 8 nitrogen and oxygen atoms in total. The molecule has 0 bridgehead atoms. The molecule has 186 valence electrons. The Balaban J connectivity index is 2.13. The number of rotatable bonds is 10. The average molecular weight is 479 g/mol. The number of carbonyl (C=O) groups is 2. The molecule has 0 aliphatic heterocycles. The molecule has 35 heavy (non-hydrogen) atoms. The van der Waals surface area contributed by atoms with Crippen LogP contribution in [0.25, 0.3) is 16.6 Å². The third-order valence-electron chi connectivity index (χ3n) is 5.88. The van der Waals surface area contributed by atoms with E-state index in [9.17, 15) is 14.4 Å². The lowest BCUT2D eigenvalue weighted by atomic mass is 10.1. The molecule has 0 aliphatic rings. The van der Waals surface area contributed by atoms with Crippen molar-refractivity contribution in [2.24, 2.45) is 0 Å². The Kier molecular flexibility index (Phi) is 9.00. The van der Waals surface area contributed by atoms with Gasteiger partial charge in [-0.25, -0.2) is 9.78 Å². The lowest BCUT2D eigenvalue weighted by Gasteiger charge is -2.32. The molecule has 2 amide bonds. The molecular weight excluding hydrogens is 444 g/mol. The van der Waals surface area contributed by atoms with Gasteiger partial charge in [0.05, 0.1) is 29.2 Å². The van der Waals surface area contributed by atoms with E-state index in [0.29, 0.717) is 41.8 Å². The van der Waals surface area contributed by atoms with Crippen LogP contribution < -0.4 is 10.9 Å². The van der Waals surface area contributed by atoms with Gasteiger partial charge in [0.2, 0.25) is 0 Å². The maximum Gasteiger partial charge on any atom is 0.325 e. The Morgan fingerprint density at radius 2 is 1.77 bits per heavy atom. The summed E-state index contributed by atoms with van der Waals surface area (Å²) < 4.78 is 6.54. The quantitative estimate of drug-likeness (QED) is 0.437. The van der Waals surface area contributed by atoms with Gasteiger partial charge in [0.25, 0.3) is 5.56 Å². The first kappa shape index (κ1) is 25.9. The van der Waals surface area contributed by atoms with Crippen molar-refractivity contribution in [3.8, 4) is 5.69 Å². The van der Waals surface area contributed by atoms with E-state index in [1.54, 1.807) is 22.5 Å². The molecule has 0 aliphatic carbocycles. The number of para-hydroxylation sites is 1. The summed E-state index contributed by atoms with van der Waals surface area (Å²) in [6.07, 6.45) is 2.12. The molecule has 2 aromatic carbocycles. The van der Waals surface area contributed by atoms with Gasteiger partial charge in [0.15, 0.2) is 0 Å². The van der Waals surface area contributed by atoms with Crippen LogP contribution in [0.2, 0.25) is 0 Å². The van der Waals surface area contributed by atoms with Crippen molar-refractivity contribution in [3.05, 3.63) is 70.3 Å². The van der Waals surface area contributed by atoms with Crippen molar-refractivity contribution in [1.29, 1.82) is 0 Å². The SMILES string of the molecule is CCCN(C(=O)NCC(=O)OCC)C(CC)c1nc2ccccc2c(=O)n1-c1ccc(CC)cc1. The number of benzene rings is 2. The van der Waals surface area contributed by atoms with Gasteiger partial charge < -0.3 is 15.0 Å². The Bertz CT molecular complexity index is 1220. The molecule has 1 unspecified atom stereocenters. The van der Waals surface area contributed by atoms with Crippen LogP contribution in [0.4, 0.5) is 4.79 Å². The van der Waals surface area contributed by atoms with Gasteiger partial charge >= 0.3 is 12.0 Å². The van der Waals surface area contributed by atoms with Crippen LogP contribution in [-0.4, -0.2) is 46.1 Å². The molecule has 0 spiro atoms. The number of amides is 2. The first-order valence-corrected chi connectivity index (χ1v) is 12.3. The summed E-state index contributed by atoms with van der Waals surface area (Å²) in [7, 11) is 0. The standard InChI is InChI=1S/C27H34N4O4/c1-5-17-30(27(34)28-18-24(32)35-8-4)23(7-3)25-29-22-12-10-9-11-21(22)26(33)31(25)20-15-13-19(6-2)14-16-20/h9-16,23H,5-8,17-18H2,1-4H3,(H,28,34). The Morgan fingerprint density at radius 1 is 1.06 bits per heavy atom. The fraction of sp³-hybridized carbons (Fsp3) is 0.407. The minimum atomic E-state index is -0.498. The minimum absolute atomic E-state index is 0.184. The van der Waals surface area contributed by atoms with Gasteiger partial charge in [0, 0.05) is 6.54 Å². The van der Waals surface area contributed by atoms with Crippen molar-refractivity contribution in [1.82, 2.24) is 19.8 Å². The summed E-state index contributed by atoms with van der Waals surface area (Å²) in [5.74, 6) is -0.0118. The van der Waals surface area contributed by atoms with E-state index < -0.39 is 18.0 Å². The van der Waals surface area contributed by atoms with Gasteiger partial charge in [0.1, 0.15) is 12.4 Å². The topological polar surface area (TPSA) is 93.5 Å². The summed E-state index contributed by atoms with van der Waals surface area (Å²) in [6.45, 7) is 8.18. The van der Waals surface area contributed by atoms with Gasteiger partial charge in [-0.15, -0.1) is 0 Å². The largest absolute Gasteiger partial charge is 0.465 e. The summed E-state index contributed by atoms with van der Waals surface area (Å²) >= 11 is 0. The van der Waals surface area contributed by atoms with E-state index in [4.69, 9.17) is 9.72 Å². The van der Waals surface area contributed by atoms with Crippen LogP contribution in [0.5, 0.6) is 0 Å². The predicted octanol–water partition coefficient (Wildman–Crippen LogP) is 4.38. The second-order valence-corrected chi connectivity index (χ2v) is 8.23. The number of hydrogen-bond donors (Lipinski definition) is 1. The van der Waals surface area contributed by atoms with Crippen LogP contribution in [0.3, 0.4) is 0 Å². The zero-order chi connectivity index (χ0) is 25.4. The van der Waals surface area contributed by atoms with Crippen molar-refractivity contribution < 1.29 is 14.3 Å². The summed E-state index contributed by atoms with van der Waals surface area (Å²) in [5, 5.41) is 3.17. The van der Waals surface area contributed by atoms with Crippen molar-refractivity contribution in [2.45, 2.75) is 53.0 Å². The zero-order valence-electron chi connectivity index (χ0n) is 20.9. The molecule has 0 fully saturated rings. The van der Waals surface area contributed by atoms with E-state index in [1.807, 2.05) is 56.3 Å². The average Bonchev–Trinajstić information content (AvgIpc) is 2.87. The van der Waals surface area contributed by atoms with Gasteiger partial charge in [-0.3, -0.25) is 14.2 Å². The third-order valence-corrected chi connectivity index (χ3v) is 5.88. The highest BCUT2D eigenvalue weighted by Crippen LogP contribution is 2.26. The second kappa shape index (κ2) is 12.1. The molecule has 8 heteroatoms. The van der Waals surface area contributed by atoms with Crippen LogP contribution in [0, 0.1) is 0 Å². The third kappa shape index (κ3) is 5.88. The van der Waals surface area contributed by atoms with E-state index in [2.05, 4.69) is 12.2 Å². The number of urea groups is 1. The smallest absolute Gasteiger partial charge is 0.325 e. The lowest BCUT2D eigenvalue weighted by Crippen LogP contribution is -2.46. The van der Waals surface area contributed by atoms with Gasteiger partial charge in [-0.05, 0) is 56.0 Å². The molecular formula is C27H34N4O4. The predicted molar refractivity (Wildman–Crippen MR) is 137 cm³/mol. The maximum atomic E-state index is 13.7. The Hall–Kier alpha value is -3.68. The van der Waals surface area contributed by atoms with Crippen molar-refractivity contribution in [3.63, 3.8) is 0 Å². The summed E-state index contributed by atoms with van der Waals surface area (Å²) in [4.78, 5) is 45.2. The van der Waals surface area contributed by atoms with Crippen LogP contribution in [0.1, 0.15) is 58.0 Å². The first-order chi connectivity index (χ1) is 16.9. The highest BCUT2D eigenvalue weighted by molar-refractivity contribution is 5.81. The lowest BCUT2D eigenvalue weighted by molar-refractivity contribution is -0.141. The van der Waals surface area contributed by atoms with Gasteiger partial charge in [-0.1, -0.05) is 45.0 Å². The number of aryl methyl sites for hydroxylation is 1. The number of hydrogen-bond acceptors (Lipinski definition) is 5. The van der Waals surface area contributed by atoms with E-state index >= 15 is 0 Å². The molecule has 1 atom stereocenters. The fourth-order valence-corrected chi connectivity index (χ4v) is 4.15. The molecule has 0 saturated heterocycles.